The van der Waals surface area contributed by atoms with Gasteiger partial charge in [-0.25, -0.2) is 0 Å². The molecule has 1 aliphatic carbocycles. The molecule has 1 N–H and O–H groups in total. The van der Waals surface area contributed by atoms with E-state index in [2.05, 4.69) is 68.4 Å². The molecule has 118 valence electrons. The largest absolute Gasteiger partial charge is 0.309 e. The minimum absolute atomic E-state index is 0.418. The van der Waals surface area contributed by atoms with Gasteiger partial charge in [0.15, 0.2) is 0 Å². The first-order chi connectivity index (χ1) is 10.1. The molecule has 0 amide bonds. The van der Waals surface area contributed by atoms with Crippen LogP contribution in [0.4, 0.5) is 0 Å². The molecule has 2 unspecified atom stereocenters. The zero-order chi connectivity index (χ0) is 15.2. The first-order valence-corrected chi connectivity index (χ1v) is 8.62. The quantitative estimate of drug-likeness (QED) is 0.775. The van der Waals surface area contributed by atoms with Gasteiger partial charge in [-0.1, -0.05) is 57.5 Å². The van der Waals surface area contributed by atoms with E-state index in [1.165, 1.54) is 31.4 Å². The third kappa shape index (κ3) is 4.31. The Kier molecular flexibility index (Phi) is 6.25. The minimum atomic E-state index is 0.418. The van der Waals surface area contributed by atoms with E-state index in [0.717, 1.165) is 12.5 Å². The van der Waals surface area contributed by atoms with E-state index in [1.54, 1.807) is 0 Å². The summed E-state index contributed by atoms with van der Waals surface area (Å²) in [7, 11) is 2.32. The van der Waals surface area contributed by atoms with Crippen LogP contribution in [0.2, 0.25) is 0 Å². The van der Waals surface area contributed by atoms with Crippen molar-refractivity contribution >= 4 is 0 Å². The zero-order valence-electron chi connectivity index (χ0n) is 14.2. The van der Waals surface area contributed by atoms with Crippen molar-refractivity contribution in [3.8, 4) is 0 Å². The molecule has 1 aliphatic rings. The van der Waals surface area contributed by atoms with Crippen LogP contribution in [0, 0.1) is 11.8 Å². The van der Waals surface area contributed by atoms with E-state index in [4.69, 9.17) is 0 Å². The van der Waals surface area contributed by atoms with Gasteiger partial charge >= 0.3 is 0 Å². The van der Waals surface area contributed by atoms with Crippen LogP contribution in [0.1, 0.15) is 51.6 Å². The summed E-state index contributed by atoms with van der Waals surface area (Å²) in [5.41, 5.74) is 1.42. The van der Waals surface area contributed by atoms with Crippen molar-refractivity contribution in [2.75, 3.05) is 20.1 Å². The summed E-state index contributed by atoms with van der Waals surface area (Å²) in [5.74, 6) is 1.56. The molecule has 1 aromatic carbocycles. The highest BCUT2D eigenvalue weighted by atomic mass is 15.2. The lowest BCUT2D eigenvalue weighted by Crippen LogP contribution is -2.48. The van der Waals surface area contributed by atoms with E-state index in [-0.39, 0.29) is 0 Å². The number of hydrogen-bond acceptors (Lipinski definition) is 2. The summed E-state index contributed by atoms with van der Waals surface area (Å²) in [5, 5.41) is 3.73. The maximum Gasteiger partial charge on any atom is 0.0480 e. The second kappa shape index (κ2) is 7.95. The van der Waals surface area contributed by atoms with E-state index >= 15 is 0 Å². The van der Waals surface area contributed by atoms with E-state index in [0.29, 0.717) is 18.0 Å². The lowest BCUT2D eigenvalue weighted by atomic mass is 9.83. The van der Waals surface area contributed by atoms with Crippen molar-refractivity contribution in [2.24, 2.45) is 11.8 Å². The molecule has 2 rings (SSSR count). The van der Waals surface area contributed by atoms with Crippen molar-refractivity contribution in [3.63, 3.8) is 0 Å². The molecule has 1 fully saturated rings. The molecule has 1 aromatic rings. The van der Waals surface area contributed by atoms with Gasteiger partial charge in [-0.05, 0) is 43.8 Å². The van der Waals surface area contributed by atoms with E-state index in [1.807, 2.05) is 0 Å². The zero-order valence-corrected chi connectivity index (χ0v) is 14.2. The molecular weight excluding hydrogens is 256 g/mol. The van der Waals surface area contributed by atoms with Crippen molar-refractivity contribution in [2.45, 2.75) is 52.1 Å². The monoisotopic (exact) mass is 288 g/mol. The van der Waals surface area contributed by atoms with Crippen LogP contribution in [0.15, 0.2) is 30.3 Å². The summed E-state index contributed by atoms with van der Waals surface area (Å²) in [6.07, 6.45) is 4.28. The Balaban J connectivity index is 2.15. The van der Waals surface area contributed by atoms with Crippen LogP contribution >= 0.6 is 0 Å². The summed E-state index contributed by atoms with van der Waals surface area (Å²) >= 11 is 0. The summed E-state index contributed by atoms with van der Waals surface area (Å²) in [6, 6.07) is 11.9. The van der Waals surface area contributed by atoms with Crippen molar-refractivity contribution in [1.82, 2.24) is 10.2 Å². The first kappa shape index (κ1) is 16.5. The molecule has 0 aromatic heterocycles. The van der Waals surface area contributed by atoms with Gasteiger partial charge < -0.3 is 10.2 Å². The van der Waals surface area contributed by atoms with Crippen LogP contribution < -0.4 is 5.32 Å². The first-order valence-electron chi connectivity index (χ1n) is 8.62. The van der Waals surface area contributed by atoms with E-state index < -0.39 is 0 Å². The normalized spacial score (nSPS) is 18.8. The second-order valence-electron chi connectivity index (χ2n) is 6.92. The number of nitrogens with one attached hydrogen (secondary N) is 1. The summed E-state index contributed by atoms with van der Waals surface area (Å²) < 4.78 is 0. The highest BCUT2D eigenvalue weighted by Crippen LogP contribution is 2.31. The maximum absolute atomic E-state index is 3.73. The Labute approximate surface area is 130 Å². The van der Waals surface area contributed by atoms with Gasteiger partial charge in [0.2, 0.25) is 0 Å². The number of likely N-dealkylation sites (N-methyl/N-ethyl adjacent to an activating group) is 2. The topological polar surface area (TPSA) is 15.3 Å². The number of hydrogen-bond donors (Lipinski definition) is 1. The van der Waals surface area contributed by atoms with Crippen molar-refractivity contribution < 1.29 is 0 Å². The molecule has 0 heterocycles. The molecule has 0 radical (unpaired) electrons. The number of nitrogens with zero attached hydrogens (tertiary/aromatic N) is 1. The molecule has 2 nitrogen and oxygen atoms in total. The molecule has 0 spiro atoms. The van der Waals surface area contributed by atoms with E-state index in [9.17, 15) is 0 Å². The predicted octanol–water partition coefficient (Wildman–Crippen LogP) is 4.09. The maximum atomic E-state index is 3.73. The fourth-order valence-corrected chi connectivity index (χ4v) is 3.67. The van der Waals surface area contributed by atoms with Gasteiger partial charge in [0.1, 0.15) is 0 Å². The van der Waals surface area contributed by atoms with Crippen LogP contribution in [-0.4, -0.2) is 31.1 Å². The predicted molar refractivity (Wildman–Crippen MR) is 91.5 cm³/mol. The highest BCUT2D eigenvalue weighted by Gasteiger charge is 2.31. The lowest BCUT2D eigenvalue weighted by Gasteiger charge is -2.41. The van der Waals surface area contributed by atoms with Crippen molar-refractivity contribution in [1.29, 1.82) is 0 Å². The SMILES string of the molecule is CCNC(c1ccccc1)C(C(C)C)N(C)CC1CCC1. The van der Waals surface area contributed by atoms with Gasteiger partial charge in [0.05, 0.1) is 0 Å². The Hall–Kier alpha value is -0.860. The standard InChI is InChI=1S/C19H32N2/c1-5-20-18(17-12-7-6-8-13-17)19(15(2)3)21(4)14-16-10-9-11-16/h6-8,12-13,15-16,18-20H,5,9-11,14H2,1-4H3. The third-order valence-corrected chi connectivity index (χ3v) is 4.89. The Morgan fingerprint density at radius 3 is 2.33 bits per heavy atom. The van der Waals surface area contributed by atoms with Crippen LogP contribution in [0.5, 0.6) is 0 Å². The summed E-state index contributed by atoms with van der Waals surface area (Å²) in [4.78, 5) is 2.61. The highest BCUT2D eigenvalue weighted by molar-refractivity contribution is 5.21. The van der Waals surface area contributed by atoms with Gasteiger partial charge in [-0.2, -0.15) is 0 Å². The molecule has 0 bridgehead atoms. The molecule has 2 atom stereocenters. The Morgan fingerprint density at radius 1 is 1.19 bits per heavy atom. The Bertz CT molecular complexity index is 397. The van der Waals surface area contributed by atoms with Gasteiger partial charge in [0, 0.05) is 18.6 Å². The van der Waals surface area contributed by atoms with Crippen molar-refractivity contribution in [3.05, 3.63) is 35.9 Å². The summed E-state index contributed by atoms with van der Waals surface area (Å²) in [6.45, 7) is 9.18. The fraction of sp³-hybridized carbons (Fsp3) is 0.684. The molecule has 2 heteroatoms. The third-order valence-electron chi connectivity index (χ3n) is 4.89. The molecular formula is C19H32N2. The smallest absolute Gasteiger partial charge is 0.0480 e. The number of rotatable bonds is 8. The fourth-order valence-electron chi connectivity index (χ4n) is 3.67. The Morgan fingerprint density at radius 2 is 1.86 bits per heavy atom. The lowest BCUT2D eigenvalue weighted by molar-refractivity contribution is 0.105. The van der Waals surface area contributed by atoms with Gasteiger partial charge in [-0.15, -0.1) is 0 Å². The van der Waals surface area contributed by atoms with Crippen LogP contribution in [0.25, 0.3) is 0 Å². The van der Waals surface area contributed by atoms with Gasteiger partial charge in [0.25, 0.3) is 0 Å². The molecule has 21 heavy (non-hydrogen) atoms. The molecule has 0 saturated heterocycles. The molecule has 0 aliphatic heterocycles. The molecule has 1 saturated carbocycles. The van der Waals surface area contributed by atoms with Crippen LogP contribution in [0.3, 0.4) is 0 Å². The minimum Gasteiger partial charge on any atom is -0.309 e. The van der Waals surface area contributed by atoms with Crippen LogP contribution in [-0.2, 0) is 0 Å². The second-order valence-corrected chi connectivity index (χ2v) is 6.92. The average molecular weight is 288 g/mol. The van der Waals surface area contributed by atoms with Gasteiger partial charge in [-0.3, -0.25) is 0 Å². The average Bonchev–Trinajstić information content (AvgIpc) is 2.43. The number of benzene rings is 1.